The minimum absolute atomic E-state index is 0.322. The van der Waals surface area contributed by atoms with Gasteiger partial charge in [0.2, 0.25) is 0 Å². The first-order chi connectivity index (χ1) is 4.16. The van der Waals surface area contributed by atoms with Crippen LogP contribution >= 0.6 is 0 Å². The molecule has 0 spiro atoms. The third kappa shape index (κ3) is 5.30. The van der Waals surface area contributed by atoms with Gasteiger partial charge in [-0.3, -0.25) is 0 Å². The van der Waals surface area contributed by atoms with Crippen LogP contribution in [0.25, 0.3) is 0 Å². The van der Waals surface area contributed by atoms with Gasteiger partial charge in [0, 0.05) is 16.3 Å². The van der Waals surface area contributed by atoms with E-state index in [0.717, 1.165) is 10.2 Å². The molecule has 0 aliphatic carbocycles. The Balaban J connectivity index is 3.27. The van der Waals surface area contributed by atoms with Gasteiger partial charge in [0.25, 0.3) is 0 Å². The predicted molar refractivity (Wildman–Crippen MR) is 40.5 cm³/mol. The maximum Gasteiger partial charge on any atom is 0.330 e. The highest BCUT2D eigenvalue weighted by Gasteiger charge is 1.96. The van der Waals surface area contributed by atoms with Gasteiger partial charge < -0.3 is 4.74 Å². The smallest absolute Gasteiger partial charge is 0.330 e. The molecule has 2 nitrogen and oxygen atoms in total. The Morgan fingerprint density at radius 1 is 2.00 bits per heavy atom. The van der Waals surface area contributed by atoms with Crippen LogP contribution < -0.4 is 0 Å². The molecule has 0 aromatic carbocycles. The Morgan fingerprint density at radius 2 is 2.56 bits per heavy atom. The Hall–Kier alpha value is -0.573. The number of ether oxygens (including phenoxy) is 1. The first-order valence-electron chi connectivity index (χ1n) is 2.96. The van der Waals surface area contributed by atoms with Crippen molar-refractivity contribution >= 4 is 16.2 Å². The van der Waals surface area contributed by atoms with E-state index in [2.05, 4.69) is 6.58 Å². The zero-order chi connectivity index (χ0) is 7.28. The Labute approximate surface area is 58.3 Å². The molecular formula is C6H12O2Si. The maximum atomic E-state index is 10.4. The molecule has 0 aromatic rings. The summed E-state index contributed by atoms with van der Waals surface area (Å²) >= 11 is 0. The average Bonchev–Trinajstić information content (AvgIpc) is 1.83. The van der Waals surface area contributed by atoms with Gasteiger partial charge in [-0.2, -0.15) is 0 Å². The minimum Gasteiger partial charge on any atom is -0.463 e. The van der Waals surface area contributed by atoms with Crippen molar-refractivity contribution in [3.63, 3.8) is 0 Å². The van der Waals surface area contributed by atoms with Crippen molar-refractivity contribution in [1.82, 2.24) is 0 Å². The third-order valence-electron chi connectivity index (χ3n) is 0.726. The van der Waals surface area contributed by atoms with Crippen LogP contribution in [-0.4, -0.2) is 22.8 Å². The first kappa shape index (κ1) is 8.43. The summed E-state index contributed by atoms with van der Waals surface area (Å²) in [6.45, 7) is 5.86. The highest BCUT2D eigenvalue weighted by Crippen LogP contribution is 1.95. The Kier molecular flexibility index (Phi) is 4.04. The van der Waals surface area contributed by atoms with Crippen LogP contribution in [0.3, 0.4) is 0 Å². The molecule has 52 valence electrons. The van der Waals surface area contributed by atoms with E-state index in [-0.39, 0.29) is 5.97 Å². The summed E-state index contributed by atoms with van der Waals surface area (Å²) < 4.78 is 4.73. The van der Waals surface area contributed by atoms with Crippen molar-refractivity contribution in [2.45, 2.75) is 12.5 Å². The van der Waals surface area contributed by atoms with Gasteiger partial charge in [-0.05, 0) is 5.54 Å². The van der Waals surface area contributed by atoms with E-state index in [4.69, 9.17) is 4.74 Å². The van der Waals surface area contributed by atoms with Gasteiger partial charge in [-0.15, -0.1) is 0 Å². The highest BCUT2D eigenvalue weighted by atomic mass is 28.1. The molecule has 1 atom stereocenters. The van der Waals surface area contributed by atoms with Gasteiger partial charge in [0.1, 0.15) is 0 Å². The van der Waals surface area contributed by atoms with E-state index >= 15 is 0 Å². The molecule has 0 rings (SSSR count). The third-order valence-corrected chi connectivity index (χ3v) is 1.06. The van der Waals surface area contributed by atoms with Crippen LogP contribution in [0.15, 0.2) is 12.7 Å². The minimum atomic E-state index is -0.322. The van der Waals surface area contributed by atoms with Crippen LogP contribution in [0.4, 0.5) is 0 Å². The molecule has 1 unspecified atom stereocenters. The second-order valence-electron chi connectivity index (χ2n) is 2.23. The fraction of sp³-hybridized carbons (Fsp3) is 0.500. The van der Waals surface area contributed by atoms with Crippen molar-refractivity contribution in [3.05, 3.63) is 12.7 Å². The number of carbonyl (C=O) groups excluding carboxylic acids is 1. The number of hydrogen-bond acceptors (Lipinski definition) is 2. The van der Waals surface area contributed by atoms with Crippen LogP contribution in [0, 0.1) is 0 Å². The lowest BCUT2D eigenvalue weighted by molar-refractivity contribution is -0.137. The van der Waals surface area contributed by atoms with Gasteiger partial charge in [0.15, 0.2) is 0 Å². The fourth-order valence-electron chi connectivity index (χ4n) is 0.308. The molecule has 0 N–H and O–H groups in total. The molecule has 9 heavy (non-hydrogen) atoms. The summed E-state index contributed by atoms with van der Waals surface area (Å²) in [6.07, 6.45) is 1.18. The molecule has 0 bridgehead atoms. The van der Waals surface area contributed by atoms with Crippen molar-refractivity contribution in [1.29, 1.82) is 0 Å². The van der Waals surface area contributed by atoms with Crippen LogP contribution in [0.5, 0.6) is 0 Å². The van der Waals surface area contributed by atoms with E-state index in [9.17, 15) is 4.79 Å². The summed E-state index contributed by atoms with van der Waals surface area (Å²) in [5.74, 6) is -0.322. The summed E-state index contributed by atoms with van der Waals surface area (Å²) in [7, 11) is 1.07. The van der Waals surface area contributed by atoms with E-state index in [0.29, 0.717) is 12.1 Å². The summed E-state index contributed by atoms with van der Waals surface area (Å²) in [4.78, 5) is 10.4. The van der Waals surface area contributed by atoms with Gasteiger partial charge >= 0.3 is 5.97 Å². The lowest BCUT2D eigenvalue weighted by Crippen LogP contribution is -2.05. The fourth-order valence-corrected chi connectivity index (χ4v) is 0.474. The van der Waals surface area contributed by atoms with Crippen LogP contribution in [0.1, 0.15) is 6.92 Å². The van der Waals surface area contributed by atoms with Crippen molar-refractivity contribution < 1.29 is 9.53 Å². The Morgan fingerprint density at radius 3 is 2.89 bits per heavy atom. The van der Waals surface area contributed by atoms with Gasteiger partial charge in [0.05, 0.1) is 6.61 Å². The number of esters is 1. The molecule has 0 aliphatic heterocycles. The highest BCUT2D eigenvalue weighted by molar-refractivity contribution is 6.11. The molecular weight excluding hydrogens is 132 g/mol. The molecule has 0 aliphatic rings. The topological polar surface area (TPSA) is 26.3 Å². The summed E-state index contributed by atoms with van der Waals surface area (Å²) in [5, 5.41) is 0. The lowest BCUT2D eigenvalue weighted by Gasteiger charge is -2.02. The molecule has 0 radical (unpaired) electrons. The number of carbonyl (C=O) groups is 1. The average molecular weight is 144 g/mol. The normalized spacial score (nSPS) is 12.6. The zero-order valence-corrected chi connectivity index (χ0v) is 7.89. The molecule has 0 saturated heterocycles. The SMILES string of the molecule is C=CC(=O)OCC(C)[SiH3]. The molecule has 0 saturated carbocycles. The van der Waals surface area contributed by atoms with E-state index in [1.165, 1.54) is 6.08 Å². The molecule has 0 heterocycles. The number of hydrogen-bond donors (Lipinski definition) is 0. The van der Waals surface area contributed by atoms with Crippen molar-refractivity contribution in [3.8, 4) is 0 Å². The van der Waals surface area contributed by atoms with Crippen LogP contribution in [0.2, 0.25) is 5.54 Å². The van der Waals surface area contributed by atoms with E-state index in [1.54, 1.807) is 0 Å². The van der Waals surface area contributed by atoms with E-state index < -0.39 is 0 Å². The standard InChI is InChI=1S/C6H12O2Si/c1-3-6(7)8-4-5(2)9/h3,5H,1,4H2,2,9H3. The van der Waals surface area contributed by atoms with Crippen molar-refractivity contribution in [2.75, 3.05) is 6.61 Å². The molecule has 0 amide bonds. The monoisotopic (exact) mass is 144 g/mol. The zero-order valence-electron chi connectivity index (χ0n) is 5.89. The number of rotatable bonds is 3. The largest absolute Gasteiger partial charge is 0.463 e. The second-order valence-corrected chi connectivity index (χ2v) is 4.20. The molecule has 0 aromatic heterocycles. The van der Waals surface area contributed by atoms with Gasteiger partial charge in [-0.25, -0.2) is 4.79 Å². The predicted octanol–water partition coefficient (Wildman–Crippen LogP) is -0.111. The summed E-state index contributed by atoms with van der Waals surface area (Å²) in [6, 6.07) is 0. The van der Waals surface area contributed by atoms with E-state index in [1.807, 2.05) is 6.92 Å². The van der Waals surface area contributed by atoms with Crippen molar-refractivity contribution in [2.24, 2.45) is 0 Å². The molecule has 0 fully saturated rings. The second kappa shape index (κ2) is 4.32. The Bertz CT molecular complexity index is 110. The maximum absolute atomic E-state index is 10.4. The van der Waals surface area contributed by atoms with Gasteiger partial charge in [-0.1, -0.05) is 13.5 Å². The lowest BCUT2D eigenvalue weighted by atomic mass is 10.5. The van der Waals surface area contributed by atoms with Crippen LogP contribution in [-0.2, 0) is 9.53 Å². The molecule has 3 heteroatoms. The quantitative estimate of drug-likeness (QED) is 0.314. The summed E-state index contributed by atoms with van der Waals surface area (Å²) in [5.41, 5.74) is 0.536. The first-order valence-corrected chi connectivity index (χ1v) is 4.11.